The van der Waals surface area contributed by atoms with Crippen molar-refractivity contribution in [3.63, 3.8) is 0 Å². The minimum atomic E-state index is 0.133. The van der Waals surface area contributed by atoms with Gasteiger partial charge in [-0.2, -0.15) is 0 Å². The number of methoxy groups -OCH3 is 1. The van der Waals surface area contributed by atoms with Gasteiger partial charge in [0.25, 0.3) is 0 Å². The van der Waals surface area contributed by atoms with Crippen LogP contribution < -0.4 is 5.32 Å². The molecule has 0 radical (unpaired) electrons. The van der Waals surface area contributed by atoms with Crippen LogP contribution in [0.25, 0.3) is 27.8 Å². The fourth-order valence-electron chi connectivity index (χ4n) is 3.51. The molecule has 2 aromatic heterocycles. The first kappa shape index (κ1) is 18.2. The molecular formula is C23H24N4O. The quantitative estimate of drug-likeness (QED) is 0.526. The van der Waals surface area contributed by atoms with Crippen LogP contribution in [0.4, 0.5) is 5.82 Å². The van der Waals surface area contributed by atoms with Crippen LogP contribution in [-0.2, 0) is 4.74 Å². The summed E-state index contributed by atoms with van der Waals surface area (Å²) in [5.41, 5.74) is 5.41. The fraction of sp³-hybridized carbons (Fsp3) is 0.217. The van der Waals surface area contributed by atoms with Crippen molar-refractivity contribution in [1.82, 2.24) is 14.5 Å². The molecule has 2 aromatic carbocycles. The maximum atomic E-state index is 5.28. The Kier molecular flexibility index (Phi) is 5.08. The fourth-order valence-corrected chi connectivity index (χ4v) is 3.51. The van der Waals surface area contributed by atoms with E-state index in [-0.39, 0.29) is 6.04 Å². The van der Waals surface area contributed by atoms with E-state index < -0.39 is 0 Å². The van der Waals surface area contributed by atoms with Crippen LogP contribution in [0.2, 0.25) is 0 Å². The number of rotatable bonds is 6. The van der Waals surface area contributed by atoms with Gasteiger partial charge in [0.1, 0.15) is 12.1 Å². The van der Waals surface area contributed by atoms with Crippen molar-refractivity contribution >= 4 is 16.9 Å². The van der Waals surface area contributed by atoms with Crippen molar-refractivity contribution in [2.75, 3.05) is 19.0 Å². The first-order chi connectivity index (χ1) is 13.7. The number of aromatic nitrogens is 3. The SMILES string of the molecule is COC[C@H](C)Nc1ncnc2c1c(-c1ccccc1)cn2-c1cccc(C)c1. The van der Waals surface area contributed by atoms with Gasteiger partial charge in [-0.05, 0) is 37.1 Å². The Bertz CT molecular complexity index is 1090. The molecule has 0 saturated heterocycles. The highest BCUT2D eigenvalue weighted by atomic mass is 16.5. The van der Waals surface area contributed by atoms with Gasteiger partial charge in [-0.1, -0.05) is 42.5 Å². The molecule has 4 aromatic rings. The smallest absolute Gasteiger partial charge is 0.150 e. The first-order valence-electron chi connectivity index (χ1n) is 9.41. The lowest BCUT2D eigenvalue weighted by Gasteiger charge is -2.14. The molecule has 0 bridgehead atoms. The zero-order valence-corrected chi connectivity index (χ0v) is 16.4. The van der Waals surface area contributed by atoms with E-state index in [1.165, 1.54) is 5.56 Å². The van der Waals surface area contributed by atoms with Crippen LogP contribution in [0.3, 0.4) is 0 Å². The molecule has 28 heavy (non-hydrogen) atoms. The Morgan fingerprint density at radius 1 is 1.07 bits per heavy atom. The van der Waals surface area contributed by atoms with E-state index in [9.17, 15) is 0 Å². The van der Waals surface area contributed by atoms with Gasteiger partial charge in [-0.15, -0.1) is 0 Å². The summed E-state index contributed by atoms with van der Waals surface area (Å²) >= 11 is 0. The largest absolute Gasteiger partial charge is 0.383 e. The number of nitrogens with one attached hydrogen (secondary N) is 1. The molecule has 0 aliphatic rings. The number of ether oxygens (including phenoxy) is 1. The maximum absolute atomic E-state index is 5.28. The second-order valence-corrected chi connectivity index (χ2v) is 7.04. The standard InChI is InChI=1S/C23H24N4O/c1-16-8-7-11-19(12-16)27-13-20(18-9-5-4-6-10-18)21-22(24-15-25-23(21)27)26-17(2)14-28-3/h4-13,15,17H,14H2,1-3H3,(H,24,25,26)/t17-/m0/s1. The molecule has 2 heterocycles. The van der Waals surface area contributed by atoms with E-state index in [2.05, 4.69) is 88.4 Å². The molecule has 0 aliphatic heterocycles. The van der Waals surface area contributed by atoms with Gasteiger partial charge in [0.2, 0.25) is 0 Å². The van der Waals surface area contributed by atoms with Crippen LogP contribution in [0, 0.1) is 6.92 Å². The Labute approximate surface area is 165 Å². The van der Waals surface area contributed by atoms with Crippen LogP contribution in [0.5, 0.6) is 0 Å². The van der Waals surface area contributed by atoms with Crippen molar-refractivity contribution in [3.05, 3.63) is 72.7 Å². The van der Waals surface area contributed by atoms with Gasteiger partial charge >= 0.3 is 0 Å². The van der Waals surface area contributed by atoms with E-state index >= 15 is 0 Å². The summed E-state index contributed by atoms with van der Waals surface area (Å²) < 4.78 is 7.42. The van der Waals surface area contributed by atoms with Crippen molar-refractivity contribution < 1.29 is 4.74 Å². The topological polar surface area (TPSA) is 52.0 Å². The molecule has 0 spiro atoms. The summed E-state index contributed by atoms with van der Waals surface area (Å²) in [4.78, 5) is 9.18. The zero-order chi connectivity index (χ0) is 19.5. The summed E-state index contributed by atoms with van der Waals surface area (Å²) in [6.07, 6.45) is 3.76. The molecule has 0 saturated carbocycles. The summed E-state index contributed by atoms with van der Waals surface area (Å²) in [7, 11) is 1.71. The number of benzene rings is 2. The highest BCUT2D eigenvalue weighted by Gasteiger charge is 2.18. The number of aryl methyl sites for hydroxylation is 1. The Balaban J connectivity index is 1.95. The van der Waals surface area contributed by atoms with Gasteiger partial charge in [0.05, 0.1) is 12.0 Å². The molecule has 1 atom stereocenters. The second-order valence-electron chi connectivity index (χ2n) is 7.04. The zero-order valence-electron chi connectivity index (χ0n) is 16.4. The molecular weight excluding hydrogens is 348 g/mol. The molecule has 142 valence electrons. The van der Waals surface area contributed by atoms with Gasteiger partial charge in [0, 0.05) is 30.6 Å². The van der Waals surface area contributed by atoms with Crippen molar-refractivity contribution in [2.45, 2.75) is 19.9 Å². The summed E-state index contributed by atoms with van der Waals surface area (Å²) in [5, 5.41) is 4.49. The number of hydrogen-bond donors (Lipinski definition) is 1. The number of anilines is 1. The van der Waals surface area contributed by atoms with Crippen molar-refractivity contribution in [3.8, 4) is 16.8 Å². The summed E-state index contributed by atoms with van der Waals surface area (Å²) in [6, 6.07) is 18.9. The molecule has 0 amide bonds. The Hall–Kier alpha value is -3.18. The number of nitrogens with zero attached hydrogens (tertiary/aromatic N) is 3. The molecule has 0 aliphatic carbocycles. The summed E-state index contributed by atoms with van der Waals surface area (Å²) in [6.45, 7) is 4.78. The monoisotopic (exact) mass is 372 g/mol. The van der Waals surface area contributed by atoms with Crippen molar-refractivity contribution in [1.29, 1.82) is 0 Å². The second kappa shape index (κ2) is 7.82. The maximum Gasteiger partial charge on any atom is 0.150 e. The van der Waals surface area contributed by atoms with E-state index in [1.807, 2.05) is 6.07 Å². The summed E-state index contributed by atoms with van der Waals surface area (Å²) in [5.74, 6) is 0.819. The minimum absolute atomic E-state index is 0.133. The third-order valence-corrected chi connectivity index (χ3v) is 4.75. The van der Waals surface area contributed by atoms with Crippen LogP contribution >= 0.6 is 0 Å². The predicted octanol–water partition coefficient (Wildman–Crippen LogP) is 4.84. The van der Waals surface area contributed by atoms with Crippen LogP contribution in [0.15, 0.2) is 67.1 Å². The molecule has 0 fully saturated rings. The lowest BCUT2D eigenvalue weighted by atomic mass is 10.1. The predicted molar refractivity (Wildman–Crippen MR) is 114 cm³/mol. The van der Waals surface area contributed by atoms with E-state index in [0.717, 1.165) is 33.7 Å². The first-order valence-corrected chi connectivity index (χ1v) is 9.41. The number of fused-ring (bicyclic) bond motifs is 1. The molecule has 4 rings (SSSR count). The molecule has 5 heteroatoms. The van der Waals surface area contributed by atoms with Crippen LogP contribution in [0.1, 0.15) is 12.5 Å². The third kappa shape index (κ3) is 3.49. The molecule has 1 N–H and O–H groups in total. The van der Waals surface area contributed by atoms with Gasteiger partial charge in [0.15, 0.2) is 5.65 Å². The third-order valence-electron chi connectivity index (χ3n) is 4.75. The average Bonchev–Trinajstić information content (AvgIpc) is 3.10. The van der Waals surface area contributed by atoms with Gasteiger partial charge in [-0.3, -0.25) is 0 Å². The Morgan fingerprint density at radius 3 is 2.64 bits per heavy atom. The number of hydrogen-bond acceptors (Lipinski definition) is 4. The van der Waals surface area contributed by atoms with E-state index in [4.69, 9.17) is 4.74 Å². The minimum Gasteiger partial charge on any atom is -0.383 e. The normalized spacial score (nSPS) is 12.2. The highest BCUT2D eigenvalue weighted by molar-refractivity contribution is 6.02. The lowest BCUT2D eigenvalue weighted by Crippen LogP contribution is -2.21. The van der Waals surface area contributed by atoms with E-state index in [1.54, 1.807) is 13.4 Å². The van der Waals surface area contributed by atoms with E-state index in [0.29, 0.717) is 6.61 Å². The van der Waals surface area contributed by atoms with Crippen molar-refractivity contribution in [2.24, 2.45) is 0 Å². The van der Waals surface area contributed by atoms with Crippen LogP contribution in [-0.4, -0.2) is 34.3 Å². The lowest BCUT2D eigenvalue weighted by molar-refractivity contribution is 0.190. The van der Waals surface area contributed by atoms with Gasteiger partial charge in [-0.25, -0.2) is 9.97 Å². The molecule has 5 nitrogen and oxygen atoms in total. The van der Waals surface area contributed by atoms with Gasteiger partial charge < -0.3 is 14.6 Å². The average molecular weight is 372 g/mol. The highest BCUT2D eigenvalue weighted by Crippen LogP contribution is 2.35. The molecule has 0 unspecified atom stereocenters. The Morgan fingerprint density at radius 2 is 1.89 bits per heavy atom.